The highest BCUT2D eigenvalue weighted by molar-refractivity contribution is 14.1. The number of methoxy groups -OCH3 is 1. The minimum Gasteiger partial charge on any atom is -0.497 e. The summed E-state index contributed by atoms with van der Waals surface area (Å²) in [4.78, 5) is 12.0. The molecule has 4 heteroatoms. The van der Waals surface area contributed by atoms with E-state index in [2.05, 4.69) is 22.6 Å². The first-order valence-corrected chi connectivity index (χ1v) is 6.79. The van der Waals surface area contributed by atoms with Gasteiger partial charge in [-0.2, -0.15) is 0 Å². The third-order valence-corrected chi connectivity index (χ3v) is 3.47. The van der Waals surface area contributed by atoms with Crippen molar-refractivity contribution in [2.75, 3.05) is 7.11 Å². The molecule has 0 aliphatic heterocycles. The van der Waals surface area contributed by atoms with Crippen molar-refractivity contribution in [2.45, 2.75) is 6.42 Å². The second kappa shape index (κ2) is 6.14. The fraction of sp³-hybridized carbons (Fsp3) is 0.133. The molecule has 0 aliphatic carbocycles. The number of hydrogen-bond acceptors (Lipinski definition) is 2. The van der Waals surface area contributed by atoms with Crippen LogP contribution in [-0.4, -0.2) is 12.9 Å². The Balaban J connectivity index is 2.18. The lowest BCUT2D eigenvalue weighted by molar-refractivity contribution is 0.0989. The Bertz CT molecular complexity index is 594. The van der Waals surface area contributed by atoms with Crippen LogP contribution < -0.4 is 4.74 Å². The fourth-order valence-electron chi connectivity index (χ4n) is 1.73. The van der Waals surface area contributed by atoms with E-state index in [1.54, 1.807) is 6.07 Å². The topological polar surface area (TPSA) is 26.3 Å². The van der Waals surface area contributed by atoms with Gasteiger partial charge < -0.3 is 4.74 Å². The van der Waals surface area contributed by atoms with Gasteiger partial charge in [0.05, 0.1) is 12.7 Å². The largest absolute Gasteiger partial charge is 0.497 e. The second-order valence-corrected chi connectivity index (χ2v) is 5.32. The SMILES string of the molecule is COc1ccc(C(=O)Cc2ccc(I)cc2)c(F)c1. The van der Waals surface area contributed by atoms with E-state index in [4.69, 9.17) is 4.74 Å². The van der Waals surface area contributed by atoms with Crippen molar-refractivity contribution in [3.05, 3.63) is 63.0 Å². The molecule has 0 bridgehead atoms. The smallest absolute Gasteiger partial charge is 0.170 e. The quantitative estimate of drug-likeness (QED) is 0.604. The zero-order valence-corrected chi connectivity index (χ0v) is 12.5. The zero-order valence-electron chi connectivity index (χ0n) is 10.3. The van der Waals surface area contributed by atoms with Gasteiger partial charge in [-0.05, 0) is 52.4 Å². The van der Waals surface area contributed by atoms with Crippen molar-refractivity contribution in [1.29, 1.82) is 0 Å². The zero-order chi connectivity index (χ0) is 13.8. The molecule has 19 heavy (non-hydrogen) atoms. The molecule has 98 valence electrons. The highest BCUT2D eigenvalue weighted by atomic mass is 127. The van der Waals surface area contributed by atoms with E-state index in [1.807, 2.05) is 24.3 Å². The summed E-state index contributed by atoms with van der Waals surface area (Å²) in [6.07, 6.45) is 0.195. The molecular formula is C15H12FIO2. The Morgan fingerprint density at radius 3 is 2.47 bits per heavy atom. The van der Waals surface area contributed by atoms with Gasteiger partial charge in [0, 0.05) is 16.1 Å². The maximum absolute atomic E-state index is 13.8. The molecule has 0 saturated heterocycles. The van der Waals surface area contributed by atoms with Gasteiger partial charge in [0.1, 0.15) is 11.6 Å². The van der Waals surface area contributed by atoms with Crippen LogP contribution in [0.4, 0.5) is 4.39 Å². The molecule has 0 heterocycles. The minimum atomic E-state index is -0.546. The van der Waals surface area contributed by atoms with E-state index in [0.29, 0.717) is 5.75 Å². The molecule has 0 aliphatic rings. The maximum atomic E-state index is 13.8. The van der Waals surface area contributed by atoms with Crippen molar-refractivity contribution in [1.82, 2.24) is 0 Å². The first-order valence-electron chi connectivity index (χ1n) is 5.71. The van der Waals surface area contributed by atoms with Crippen LogP contribution in [0.2, 0.25) is 0 Å². The van der Waals surface area contributed by atoms with Crippen molar-refractivity contribution >= 4 is 28.4 Å². The van der Waals surface area contributed by atoms with Crippen LogP contribution in [-0.2, 0) is 6.42 Å². The summed E-state index contributed by atoms with van der Waals surface area (Å²) in [6.45, 7) is 0. The number of rotatable bonds is 4. The van der Waals surface area contributed by atoms with E-state index in [0.717, 1.165) is 9.13 Å². The maximum Gasteiger partial charge on any atom is 0.170 e. The third kappa shape index (κ3) is 3.53. The van der Waals surface area contributed by atoms with Crippen LogP contribution in [0, 0.1) is 9.39 Å². The molecule has 2 aromatic carbocycles. The molecule has 0 atom stereocenters. The summed E-state index contributed by atoms with van der Waals surface area (Å²) < 4.78 is 19.8. The van der Waals surface area contributed by atoms with Gasteiger partial charge in [0.15, 0.2) is 5.78 Å². The lowest BCUT2D eigenvalue weighted by Crippen LogP contribution is -2.06. The predicted molar refractivity (Wildman–Crippen MR) is 80.1 cm³/mol. The molecule has 0 N–H and O–H groups in total. The summed E-state index contributed by atoms with van der Waals surface area (Å²) in [5, 5.41) is 0. The molecule has 2 nitrogen and oxygen atoms in total. The first kappa shape index (κ1) is 14.0. The summed E-state index contributed by atoms with van der Waals surface area (Å²) in [5.41, 5.74) is 0.972. The number of halogens is 2. The van der Waals surface area contributed by atoms with Gasteiger partial charge in [-0.25, -0.2) is 4.39 Å². The number of hydrogen-bond donors (Lipinski definition) is 0. The average Bonchev–Trinajstić information content (AvgIpc) is 2.41. The monoisotopic (exact) mass is 370 g/mol. The Hall–Kier alpha value is -1.43. The predicted octanol–water partition coefficient (Wildman–Crippen LogP) is 3.86. The van der Waals surface area contributed by atoms with Crippen LogP contribution in [0.5, 0.6) is 5.75 Å². The highest BCUT2D eigenvalue weighted by Crippen LogP contribution is 2.18. The first-order chi connectivity index (χ1) is 9.10. The second-order valence-electron chi connectivity index (χ2n) is 4.07. The van der Waals surface area contributed by atoms with E-state index in [9.17, 15) is 9.18 Å². The van der Waals surface area contributed by atoms with Gasteiger partial charge in [0.25, 0.3) is 0 Å². The van der Waals surface area contributed by atoms with E-state index >= 15 is 0 Å². The standard InChI is InChI=1S/C15H12FIO2/c1-19-12-6-7-13(14(16)9-12)15(18)8-10-2-4-11(17)5-3-10/h2-7,9H,8H2,1H3. The van der Waals surface area contributed by atoms with Crippen LogP contribution >= 0.6 is 22.6 Å². The van der Waals surface area contributed by atoms with Crippen molar-refractivity contribution in [3.63, 3.8) is 0 Å². The van der Waals surface area contributed by atoms with Crippen molar-refractivity contribution in [3.8, 4) is 5.75 Å². The molecule has 2 aromatic rings. The Morgan fingerprint density at radius 2 is 1.89 bits per heavy atom. The van der Waals surface area contributed by atoms with Gasteiger partial charge in [-0.3, -0.25) is 4.79 Å². The molecule has 2 rings (SSSR count). The average molecular weight is 370 g/mol. The van der Waals surface area contributed by atoms with Gasteiger partial charge in [0.2, 0.25) is 0 Å². The molecule has 0 fully saturated rings. The third-order valence-electron chi connectivity index (χ3n) is 2.75. The van der Waals surface area contributed by atoms with Gasteiger partial charge in [-0.1, -0.05) is 12.1 Å². The lowest BCUT2D eigenvalue weighted by Gasteiger charge is -2.05. The van der Waals surface area contributed by atoms with E-state index < -0.39 is 5.82 Å². The number of ketones is 1. The molecule has 0 aromatic heterocycles. The van der Waals surface area contributed by atoms with Crippen LogP contribution in [0.25, 0.3) is 0 Å². The number of carbonyl (C=O) groups excluding carboxylic acids is 1. The fourth-order valence-corrected chi connectivity index (χ4v) is 2.09. The van der Waals surface area contributed by atoms with Crippen molar-refractivity contribution < 1.29 is 13.9 Å². The van der Waals surface area contributed by atoms with Gasteiger partial charge in [-0.15, -0.1) is 0 Å². The van der Waals surface area contributed by atoms with Crippen molar-refractivity contribution in [2.24, 2.45) is 0 Å². The number of ether oxygens (including phenoxy) is 1. The summed E-state index contributed by atoms with van der Waals surface area (Å²) in [6, 6.07) is 11.9. The van der Waals surface area contributed by atoms with E-state index in [1.165, 1.54) is 19.2 Å². The normalized spacial score (nSPS) is 10.3. The molecular weight excluding hydrogens is 358 g/mol. The van der Waals surface area contributed by atoms with Gasteiger partial charge >= 0.3 is 0 Å². The summed E-state index contributed by atoms with van der Waals surface area (Å²) >= 11 is 2.20. The highest BCUT2D eigenvalue weighted by Gasteiger charge is 2.13. The molecule has 0 unspecified atom stereocenters. The molecule has 0 saturated carbocycles. The lowest BCUT2D eigenvalue weighted by atomic mass is 10.0. The Morgan fingerprint density at radius 1 is 1.21 bits per heavy atom. The molecule has 0 spiro atoms. The summed E-state index contributed by atoms with van der Waals surface area (Å²) in [5.74, 6) is -0.375. The Labute approximate surface area is 124 Å². The molecule has 0 radical (unpaired) electrons. The van der Waals surface area contributed by atoms with Crippen LogP contribution in [0.1, 0.15) is 15.9 Å². The number of Topliss-reactive ketones (excluding diaryl/α,β-unsaturated/α-hetero) is 1. The van der Waals surface area contributed by atoms with E-state index in [-0.39, 0.29) is 17.8 Å². The Kier molecular flexibility index (Phi) is 4.52. The number of benzene rings is 2. The summed E-state index contributed by atoms with van der Waals surface area (Å²) in [7, 11) is 1.46. The number of carbonyl (C=O) groups is 1. The minimum absolute atomic E-state index is 0.0966. The van der Waals surface area contributed by atoms with Crippen LogP contribution in [0.15, 0.2) is 42.5 Å². The molecule has 0 amide bonds. The van der Waals surface area contributed by atoms with Crippen LogP contribution in [0.3, 0.4) is 0 Å².